The van der Waals surface area contributed by atoms with Gasteiger partial charge in [-0.3, -0.25) is 4.98 Å². The number of nitrogens with zero attached hydrogens (tertiary/aromatic N) is 1. The van der Waals surface area contributed by atoms with Crippen LogP contribution in [0.15, 0.2) is 79.0 Å². The number of fused-ring (bicyclic) bond motifs is 4. The predicted molar refractivity (Wildman–Crippen MR) is 105 cm³/mol. The van der Waals surface area contributed by atoms with Crippen LogP contribution in [0.25, 0.3) is 33.2 Å². The molecule has 4 aromatic rings. The van der Waals surface area contributed by atoms with E-state index in [1.165, 1.54) is 38.6 Å². The largest absolute Gasteiger partial charge is 0.256 e. The van der Waals surface area contributed by atoms with E-state index in [-0.39, 0.29) is 5.41 Å². The van der Waals surface area contributed by atoms with Gasteiger partial charge in [0.05, 0.1) is 5.69 Å². The van der Waals surface area contributed by atoms with Gasteiger partial charge < -0.3 is 0 Å². The quantitative estimate of drug-likeness (QED) is 0.406. The van der Waals surface area contributed by atoms with Crippen LogP contribution in [0, 0.1) is 0 Å². The molecule has 5 rings (SSSR count). The Hall–Kier alpha value is -2.93. The fraction of sp³-hybridized carbons (Fsp3) is 0.125. The molecule has 0 spiro atoms. The number of rotatable bonds is 1. The molecule has 1 heterocycles. The molecule has 0 fully saturated rings. The summed E-state index contributed by atoms with van der Waals surface area (Å²) in [6.45, 7) is 4.63. The van der Waals surface area contributed by atoms with E-state index in [0.717, 1.165) is 5.69 Å². The van der Waals surface area contributed by atoms with E-state index in [1.807, 2.05) is 6.20 Å². The molecule has 0 aliphatic heterocycles. The summed E-state index contributed by atoms with van der Waals surface area (Å²) in [5.74, 6) is 0. The first-order valence-corrected chi connectivity index (χ1v) is 8.75. The molecule has 0 bridgehead atoms. The molecule has 0 radical (unpaired) electrons. The average molecular weight is 321 g/mol. The van der Waals surface area contributed by atoms with E-state index in [1.54, 1.807) is 0 Å². The molecule has 3 aromatic carbocycles. The van der Waals surface area contributed by atoms with E-state index in [0.29, 0.717) is 0 Å². The van der Waals surface area contributed by atoms with Crippen molar-refractivity contribution in [1.82, 2.24) is 4.98 Å². The fourth-order valence-corrected chi connectivity index (χ4v) is 4.20. The number of aromatic nitrogens is 1. The first-order valence-electron chi connectivity index (χ1n) is 8.75. The van der Waals surface area contributed by atoms with E-state index in [2.05, 4.69) is 86.6 Å². The molecule has 0 N–H and O–H groups in total. The van der Waals surface area contributed by atoms with Crippen molar-refractivity contribution in [2.24, 2.45) is 0 Å². The Labute approximate surface area is 148 Å². The molecule has 1 aliphatic carbocycles. The SMILES string of the molecule is CC1(C)c2ccccc2-c2ccc(-c3nccc4ccccc34)cc21. The molecule has 1 aliphatic rings. The predicted octanol–water partition coefficient (Wildman–Crippen LogP) is 6.21. The molecule has 0 unspecified atom stereocenters. The fourth-order valence-electron chi connectivity index (χ4n) is 4.20. The minimum atomic E-state index is 0.0204. The van der Waals surface area contributed by atoms with Gasteiger partial charge >= 0.3 is 0 Å². The molecular formula is C24H19N. The Morgan fingerprint density at radius 3 is 2.40 bits per heavy atom. The minimum absolute atomic E-state index is 0.0204. The molecule has 0 atom stereocenters. The van der Waals surface area contributed by atoms with E-state index < -0.39 is 0 Å². The van der Waals surface area contributed by atoms with Gasteiger partial charge in [0.25, 0.3) is 0 Å². The van der Waals surface area contributed by atoms with Crippen LogP contribution < -0.4 is 0 Å². The lowest BCUT2D eigenvalue weighted by Gasteiger charge is -2.22. The Morgan fingerprint density at radius 2 is 1.48 bits per heavy atom. The summed E-state index contributed by atoms with van der Waals surface area (Å²) in [6, 6.07) is 26.1. The number of hydrogen-bond donors (Lipinski definition) is 0. The second kappa shape index (κ2) is 5.03. The molecular weight excluding hydrogens is 302 g/mol. The van der Waals surface area contributed by atoms with Crippen LogP contribution in [-0.2, 0) is 5.41 Å². The van der Waals surface area contributed by atoms with Crippen molar-refractivity contribution in [1.29, 1.82) is 0 Å². The molecule has 0 saturated heterocycles. The van der Waals surface area contributed by atoms with Gasteiger partial charge in [0, 0.05) is 22.6 Å². The Balaban J connectivity index is 1.76. The van der Waals surface area contributed by atoms with Crippen molar-refractivity contribution in [3.8, 4) is 22.4 Å². The summed E-state index contributed by atoms with van der Waals surface area (Å²) in [5, 5.41) is 2.44. The molecule has 1 nitrogen and oxygen atoms in total. The van der Waals surface area contributed by atoms with Crippen LogP contribution in [0.1, 0.15) is 25.0 Å². The molecule has 0 saturated carbocycles. The molecule has 0 amide bonds. The third-order valence-corrected chi connectivity index (χ3v) is 5.53. The first-order chi connectivity index (χ1) is 12.2. The lowest BCUT2D eigenvalue weighted by atomic mass is 9.82. The normalized spacial score (nSPS) is 14.3. The second-order valence-corrected chi connectivity index (χ2v) is 7.31. The standard InChI is InChI=1S/C24H19N/c1-24(2)21-10-6-5-9-19(21)20-12-11-17(15-22(20)24)23-18-8-4-3-7-16(18)13-14-25-23/h3-15H,1-2H3. The van der Waals surface area contributed by atoms with Crippen molar-refractivity contribution in [3.05, 3.63) is 90.1 Å². The van der Waals surface area contributed by atoms with Gasteiger partial charge in [0.15, 0.2) is 0 Å². The summed E-state index contributed by atoms with van der Waals surface area (Å²) in [5.41, 5.74) is 7.79. The van der Waals surface area contributed by atoms with Crippen molar-refractivity contribution in [2.45, 2.75) is 19.3 Å². The van der Waals surface area contributed by atoms with Gasteiger partial charge in [-0.2, -0.15) is 0 Å². The first kappa shape index (κ1) is 14.4. The van der Waals surface area contributed by atoms with Crippen LogP contribution in [0.5, 0.6) is 0 Å². The highest BCUT2D eigenvalue weighted by Crippen LogP contribution is 2.49. The zero-order valence-electron chi connectivity index (χ0n) is 14.5. The minimum Gasteiger partial charge on any atom is -0.256 e. The van der Waals surface area contributed by atoms with Crippen LogP contribution in [0.2, 0.25) is 0 Å². The van der Waals surface area contributed by atoms with Crippen molar-refractivity contribution in [3.63, 3.8) is 0 Å². The van der Waals surface area contributed by atoms with E-state index in [4.69, 9.17) is 4.98 Å². The smallest absolute Gasteiger partial charge is 0.0780 e. The molecule has 1 heteroatoms. The highest BCUT2D eigenvalue weighted by molar-refractivity contribution is 5.95. The van der Waals surface area contributed by atoms with Gasteiger partial charge in [0.2, 0.25) is 0 Å². The summed E-state index contributed by atoms with van der Waals surface area (Å²) in [6.07, 6.45) is 1.91. The van der Waals surface area contributed by atoms with Crippen molar-refractivity contribution in [2.75, 3.05) is 0 Å². The molecule has 1 aromatic heterocycles. The van der Waals surface area contributed by atoms with E-state index in [9.17, 15) is 0 Å². The van der Waals surface area contributed by atoms with Crippen LogP contribution in [0.4, 0.5) is 0 Å². The summed E-state index contributed by atoms with van der Waals surface area (Å²) < 4.78 is 0. The number of pyridine rings is 1. The third-order valence-electron chi connectivity index (χ3n) is 5.53. The highest BCUT2D eigenvalue weighted by Gasteiger charge is 2.35. The Morgan fingerprint density at radius 1 is 0.720 bits per heavy atom. The highest BCUT2D eigenvalue weighted by atomic mass is 14.7. The zero-order valence-corrected chi connectivity index (χ0v) is 14.5. The van der Waals surface area contributed by atoms with Crippen LogP contribution in [-0.4, -0.2) is 4.98 Å². The maximum absolute atomic E-state index is 4.70. The lowest BCUT2D eigenvalue weighted by molar-refractivity contribution is 0.660. The zero-order chi connectivity index (χ0) is 17.0. The Kier molecular flexibility index (Phi) is 2.90. The van der Waals surface area contributed by atoms with Gasteiger partial charge in [-0.1, -0.05) is 74.5 Å². The van der Waals surface area contributed by atoms with Crippen LogP contribution >= 0.6 is 0 Å². The summed E-state index contributed by atoms with van der Waals surface area (Å²) in [7, 11) is 0. The molecule has 25 heavy (non-hydrogen) atoms. The van der Waals surface area contributed by atoms with Crippen molar-refractivity contribution >= 4 is 10.8 Å². The van der Waals surface area contributed by atoms with Crippen LogP contribution in [0.3, 0.4) is 0 Å². The monoisotopic (exact) mass is 321 g/mol. The lowest BCUT2D eigenvalue weighted by Crippen LogP contribution is -2.14. The molecule has 120 valence electrons. The van der Waals surface area contributed by atoms with E-state index >= 15 is 0 Å². The van der Waals surface area contributed by atoms with Gasteiger partial charge in [-0.15, -0.1) is 0 Å². The average Bonchev–Trinajstić information content (AvgIpc) is 2.89. The van der Waals surface area contributed by atoms with Gasteiger partial charge in [0.1, 0.15) is 0 Å². The Bertz CT molecular complexity index is 1120. The van der Waals surface area contributed by atoms with Gasteiger partial charge in [-0.05, 0) is 39.8 Å². The maximum Gasteiger partial charge on any atom is 0.0780 e. The van der Waals surface area contributed by atoms with Crippen molar-refractivity contribution < 1.29 is 0 Å². The maximum atomic E-state index is 4.70. The number of hydrogen-bond acceptors (Lipinski definition) is 1. The summed E-state index contributed by atoms with van der Waals surface area (Å²) >= 11 is 0. The number of benzene rings is 3. The second-order valence-electron chi connectivity index (χ2n) is 7.31. The van der Waals surface area contributed by atoms with Gasteiger partial charge in [-0.25, -0.2) is 0 Å². The summed E-state index contributed by atoms with van der Waals surface area (Å²) in [4.78, 5) is 4.70. The topological polar surface area (TPSA) is 12.9 Å². The third kappa shape index (κ3) is 1.99.